The van der Waals surface area contributed by atoms with E-state index in [0.29, 0.717) is 12.1 Å². The van der Waals surface area contributed by atoms with Crippen LogP contribution >= 0.6 is 15.9 Å². The highest BCUT2D eigenvalue weighted by Crippen LogP contribution is 2.29. The first-order chi connectivity index (χ1) is 9.15. The lowest BCUT2D eigenvalue weighted by Crippen LogP contribution is -2.40. The molecule has 0 spiro atoms. The zero-order chi connectivity index (χ0) is 13.8. The Morgan fingerprint density at radius 1 is 1.32 bits per heavy atom. The second kappa shape index (κ2) is 6.40. The van der Waals surface area contributed by atoms with Crippen molar-refractivity contribution in [3.8, 4) is 6.07 Å². The summed E-state index contributed by atoms with van der Waals surface area (Å²) in [5.74, 6) is 0. The van der Waals surface area contributed by atoms with Crippen LogP contribution in [0.5, 0.6) is 0 Å². The Hall–Kier alpha value is -1.05. The van der Waals surface area contributed by atoms with Gasteiger partial charge in [-0.15, -0.1) is 0 Å². The largest absolute Gasteiger partial charge is 0.371 e. The van der Waals surface area contributed by atoms with Crippen molar-refractivity contribution in [3.05, 3.63) is 28.2 Å². The summed E-state index contributed by atoms with van der Waals surface area (Å²) in [6.07, 6.45) is 4.79. The molecule has 0 unspecified atom stereocenters. The van der Waals surface area contributed by atoms with Crippen molar-refractivity contribution in [3.63, 3.8) is 0 Å². The van der Waals surface area contributed by atoms with Gasteiger partial charge in [-0.2, -0.15) is 5.26 Å². The summed E-state index contributed by atoms with van der Waals surface area (Å²) in [6, 6.07) is 9.42. The molecule has 0 saturated heterocycles. The van der Waals surface area contributed by atoms with Crippen LogP contribution in [0, 0.1) is 11.3 Å². The van der Waals surface area contributed by atoms with Crippen molar-refractivity contribution in [1.82, 2.24) is 5.32 Å². The Kier molecular flexibility index (Phi) is 4.84. The van der Waals surface area contributed by atoms with Crippen LogP contribution in [0.1, 0.15) is 31.2 Å². The molecular weight excluding hydrogens is 302 g/mol. The number of benzene rings is 1. The number of hydrogen-bond acceptors (Lipinski definition) is 3. The molecule has 2 rings (SSSR count). The molecule has 1 aromatic rings. The molecule has 0 aliphatic heterocycles. The lowest BCUT2D eigenvalue weighted by atomic mass is 9.90. The summed E-state index contributed by atoms with van der Waals surface area (Å²) in [6.45, 7) is 0. The third kappa shape index (κ3) is 3.29. The van der Waals surface area contributed by atoms with Gasteiger partial charge in [-0.1, -0.05) is 15.9 Å². The van der Waals surface area contributed by atoms with Gasteiger partial charge in [-0.25, -0.2) is 0 Å². The maximum Gasteiger partial charge on any atom is 0.101 e. The Morgan fingerprint density at radius 3 is 2.58 bits per heavy atom. The molecule has 4 heteroatoms. The van der Waals surface area contributed by atoms with Crippen LogP contribution in [-0.4, -0.2) is 26.2 Å². The molecule has 0 amide bonds. The first kappa shape index (κ1) is 14.4. The smallest absolute Gasteiger partial charge is 0.101 e. The normalized spacial score (nSPS) is 22.8. The first-order valence-corrected chi connectivity index (χ1v) is 7.54. The molecule has 3 nitrogen and oxygen atoms in total. The lowest BCUT2D eigenvalue weighted by molar-refractivity contribution is 0.351. The molecule has 102 valence electrons. The van der Waals surface area contributed by atoms with E-state index < -0.39 is 0 Å². The minimum absolute atomic E-state index is 0.540. The summed E-state index contributed by atoms with van der Waals surface area (Å²) >= 11 is 3.42. The van der Waals surface area contributed by atoms with Gasteiger partial charge in [0.25, 0.3) is 0 Å². The predicted octanol–water partition coefficient (Wildman–Crippen LogP) is 3.29. The quantitative estimate of drug-likeness (QED) is 0.928. The van der Waals surface area contributed by atoms with Gasteiger partial charge >= 0.3 is 0 Å². The minimum atomic E-state index is 0.540. The van der Waals surface area contributed by atoms with Crippen molar-refractivity contribution >= 4 is 21.6 Å². The van der Waals surface area contributed by atoms with E-state index in [1.807, 2.05) is 25.2 Å². The monoisotopic (exact) mass is 321 g/mol. The van der Waals surface area contributed by atoms with Gasteiger partial charge in [0, 0.05) is 23.6 Å². The molecule has 19 heavy (non-hydrogen) atoms. The van der Waals surface area contributed by atoms with Crippen LogP contribution in [-0.2, 0) is 0 Å². The average Bonchev–Trinajstić information content (AvgIpc) is 2.46. The van der Waals surface area contributed by atoms with Crippen LogP contribution in [0.15, 0.2) is 22.7 Å². The Balaban J connectivity index is 2.12. The molecule has 1 aliphatic carbocycles. The Morgan fingerprint density at radius 2 is 2.00 bits per heavy atom. The van der Waals surface area contributed by atoms with E-state index in [1.165, 1.54) is 25.7 Å². The predicted molar refractivity (Wildman–Crippen MR) is 82.4 cm³/mol. The van der Waals surface area contributed by atoms with Crippen LogP contribution in [0.2, 0.25) is 0 Å². The molecule has 0 bridgehead atoms. The zero-order valence-electron chi connectivity index (χ0n) is 11.5. The van der Waals surface area contributed by atoms with E-state index in [9.17, 15) is 5.26 Å². The van der Waals surface area contributed by atoms with Gasteiger partial charge in [0.1, 0.15) is 6.07 Å². The summed E-state index contributed by atoms with van der Waals surface area (Å²) < 4.78 is 0.958. The van der Waals surface area contributed by atoms with Gasteiger partial charge in [0.15, 0.2) is 0 Å². The standard InChI is InChI=1S/C15H20BrN3/c1-18-13-4-6-14(7-5-13)19(2)15-8-3-12(16)9-11(15)10-17/h3,8-9,13-14,18H,4-7H2,1-2H3. The van der Waals surface area contributed by atoms with Gasteiger partial charge in [0.2, 0.25) is 0 Å². The van der Waals surface area contributed by atoms with E-state index in [2.05, 4.69) is 39.3 Å². The lowest BCUT2D eigenvalue weighted by Gasteiger charge is -2.36. The first-order valence-electron chi connectivity index (χ1n) is 6.75. The molecule has 1 fully saturated rings. The van der Waals surface area contributed by atoms with Gasteiger partial charge in [0.05, 0.1) is 11.3 Å². The maximum atomic E-state index is 9.26. The molecule has 0 radical (unpaired) electrons. The van der Waals surface area contributed by atoms with E-state index in [0.717, 1.165) is 15.7 Å². The van der Waals surface area contributed by atoms with E-state index in [1.54, 1.807) is 0 Å². The second-order valence-electron chi connectivity index (χ2n) is 5.18. The third-order valence-corrected chi connectivity index (χ3v) is 4.60. The number of hydrogen-bond donors (Lipinski definition) is 1. The number of anilines is 1. The molecule has 1 aliphatic rings. The van der Waals surface area contributed by atoms with Crippen molar-refractivity contribution in [2.24, 2.45) is 0 Å². The van der Waals surface area contributed by atoms with Crippen molar-refractivity contribution in [2.75, 3.05) is 19.0 Å². The fourth-order valence-corrected chi connectivity index (χ4v) is 3.21. The molecule has 0 atom stereocenters. The van der Waals surface area contributed by atoms with Gasteiger partial charge < -0.3 is 10.2 Å². The number of rotatable bonds is 3. The highest BCUT2D eigenvalue weighted by Gasteiger charge is 2.24. The SMILES string of the molecule is CNC1CCC(N(C)c2ccc(Br)cc2C#N)CC1. The fraction of sp³-hybridized carbons (Fsp3) is 0.533. The van der Waals surface area contributed by atoms with Gasteiger partial charge in [-0.3, -0.25) is 0 Å². The maximum absolute atomic E-state index is 9.26. The second-order valence-corrected chi connectivity index (χ2v) is 6.09. The van der Waals surface area contributed by atoms with Crippen LogP contribution < -0.4 is 10.2 Å². The minimum Gasteiger partial charge on any atom is -0.371 e. The topological polar surface area (TPSA) is 39.1 Å². The summed E-state index contributed by atoms with van der Waals surface area (Å²) in [4.78, 5) is 2.27. The highest BCUT2D eigenvalue weighted by molar-refractivity contribution is 9.10. The molecule has 0 aromatic heterocycles. The molecule has 1 aromatic carbocycles. The summed E-state index contributed by atoms with van der Waals surface area (Å²) in [5.41, 5.74) is 1.78. The number of nitrogens with one attached hydrogen (secondary N) is 1. The zero-order valence-corrected chi connectivity index (χ0v) is 13.1. The molecule has 0 heterocycles. The van der Waals surface area contributed by atoms with Crippen LogP contribution in [0.4, 0.5) is 5.69 Å². The number of nitriles is 1. The average molecular weight is 322 g/mol. The molecular formula is C15H20BrN3. The van der Waals surface area contributed by atoms with Crippen LogP contribution in [0.3, 0.4) is 0 Å². The number of nitrogens with zero attached hydrogens (tertiary/aromatic N) is 2. The van der Waals surface area contributed by atoms with E-state index >= 15 is 0 Å². The summed E-state index contributed by atoms with van der Waals surface area (Å²) in [5, 5.41) is 12.6. The van der Waals surface area contributed by atoms with Crippen molar-refractivity contribution in [2.45, 2.75) is 37.8 Å². The third-order valence-electron chi connectivity index (χ3n) is 4.11. The van der Waals surface area contributed by atoms with Crippen LogP contribution in [0.25, 0.3) is 0 Å². The molecule has 1 N–H and O–H groups in total. The van der Waals surface area contributed by atoms with Crippen molar-refractivity contribution in [1.29, 1.82) is 5.26 Å². The number of halogens is 1. The van der Waals surface area contributed by atoms with Gasteiger partial charge in [-0.05, 0) is 50.9 Å². The Bertz CT molecular complexity index is 473. The highest BCUT2D eigenvalue weighted by atomic mass is 79.9. The summed E-state index contributed by atoms with van der Waals surface area (Å²) in [7, 11) is 4.14. The van der Waals surface area contributed by atoms with Crippen molar-refractivity contribution < 1.29 is 0 Å². The fourth-order valence-electron chi connectivity index (χ4n) is 2.85. The molecule has 1 saturated carbocycles. The Labute approximate surface area is 123 Å². The van der Waals surface area contributed by atoms with E-state index in [-0.39, 0.29) is 0 Å². The van der Waals surface area contributed by atoms with E-state index in [4.69, 9.17) is 0 Å².